The average Bonchev–Trinajstić information content (AvgIpc) is 2.99. The first kappa shape index (κ1) is 15.6. The summed E-state index contributed by atoms with van der Waals surface area (Å²) in [5.41, 5.74) is 0.326. The normalized spacial score (nSPS) is 19.1. The highest BCUT2D eigenvalue weighted by Crippen LogP contribution is 2.36. The Balaban J connectivity index is 2.22. The predicted molar refractivity (Wildman–Crippen MR) is 74.4 cm³/mol. The van der Waals surface area contributed by atoms with Crippen LogP contribution < -0.4 is 9.47 Å². The summed E-state index contributed by atoms with van der Waals surface area (Å²) >= 11 is 0. The van der Waals surface area contributed by atoms with Gasteiger partial charge in [0.2, 0.25) is 0 Å². The summed E-state index contributed by atoms with van der Waals surface area (Å²) < 4.78 is 21.2. The van der Waals surface area contributed by atoms with Gasteiger partial charge in [0.05, 0.1) is 26.9 Å². The maximum absolute atomic E-state index is 11.7. The second-order valence-corrected chi connectivity index (χ2v) is 4.64. The third-order valence-corrected chi connectivity index (χ3v) is 3.20. The van der Waals surface area contributed by atoms with Crippen molar-refractivity contribution in [3.05, 3.63) is 23.8 Å². The van der Waals surface area contributed by atoms with Crippen molar-refractivity contribution < 1.29 is 28.8 Å². The molecule has 2 atom stereocenters. The maximum atomic E-state index is 11.7. The number of rotatable bonds is 6. The van der Waals surface area contributed by atoms with Crippen molar-refractivity contribution in [3.63, 3.8) is 0 Å². The van der Waals surface area contributed by atoms with Crippen LogP contribution in [0.1, 0.15) is 25.0 Å². The van der Waals surface area contributed by atoms with Gasteiger partial charge >= 0.3 is 5.97 Å². The molecule has 0 aliphatic carbocycles. The van der Waals surface area contributed by atoms with Crippen molar-refractivity contribution >= 4 is 5.97 Å². The molecule has 1 N–H and O–H groups in total. The molecule has 0 spiro atoms. The number of aliphatic hydroxyl groups is 1. The van der Waals surface area contributed by atoms with Gasteiger partial charge in [-0.05, 0) is 13.0 Å². The van der Waals surface area contributed by atoms with Gasteiger partial charge in [0.15, 0.2) is 17.6 Å². The molecule has 1 fully saturated rings. The molecule has 6 heteroatoms. The Morgan fingerprint density at radius 1 is 1.52 bits per heavy atom. The van der Waals surface area contributed by atoms with Crippen LogP contribution in [0.5, 0.6) is 11.5 Å². The maximum Gasteiger partial charge on any atom is 0.339 e. The molecule has 21 heavy (non-hydrogen) atoms. The molecule has 1 saturated heterocycles. The smallest absolute Gasteiger partial charge is 0.339 e. The Morgan fingerprint density at radius 2 is 2.33 bits per heavy atom. The Labute approximate surface area is 123 Å². The van der Waals surface area contributed by atoms with Gasteiger partial charge < -0.3 is 24.1 Å². The lowest BCUT2D eigenvalue weighted by Gasteiger charge is -2.19. The number of hydrogen-bond donors (Lipinski definition) is 1. The highest BCUT2D eigenvalue weighted by atomic mass is 16.6. The monoisotopic (exact) mass is 296 g/mol. The van der Waals surface area contributed by atoms with Crippen LogP contribution in [-0.2, 0) is 14.3 Å². The number of benzene rings is 1. The van der Waals surface area contributed by atoms with Crippen molar-refractivity contribution in [2.45, 2.75) is 25.6 Å². The Bertz CT molecular complexity index is 481. The zero-order valence-electron chi connectivity index (χ0n) is 12.2. The molecular formula is C15H20O6. The van der Waals surface area contributed by atoms with Crippen molar-refractivity contribution in [3.8, 4) is 11.5 Å². The number of ether oxygens (including phenoxy) is 4. The van der Waals surface area contributed by atoms with Crippen LogP contribution in [0.15, 0.2) is 18.2 Å². The molecule has 0 bridgehead atoms. The van der Waals surface area contributed by atoms with E-state index in [9.17, 15) is 9.90 Å². The second kappa shape index (κ2) is 7.28. The molecular weight excluding hydrogens is 276 g/mol. The van der Waals surface area contributed by atoms with E-state index in [0.29, 0.717) is 30.3 Å². The van der Waals surface area contributed by atoms with Gasteiger partial charge in [-0.2, -0.15) is 0 Å². The fraction of sp³-hybridized carbons (Fsp3) is 0.533. The van der Waals surface area contributed by atoms with Crippen LogP contribution in [0.4, 0.5) is 0 Å². The van der Waals surface area contributed by atoms with Crippen LogP contribution in [0, 0.1) is 0 Å². The molecule has 1 aliphatic heterocycles. The molecule has 0 amide bonds. The third kappa shape index (κ3) is 3.65. The lowest BCUT2D eigenvalue weighted by atomic mass is 10.1. The summed E-state index contributed by atoms with van der Waals surface area (Å²) in [6.45, 7) is 3.07. The van der Waals surface area contributed by atoms with Crippen LogP contribution >= 0.6 is 0 Å². The fourth-order valence-corrected chi connectivity index (χ4v) is 2.19. The molecule has 1 aromatic rings. The molecule has 1 aliphatic rings. The van der Waals surface area contributed by atoms with E-state index < -0.39 is 12.1 Å². The SMILES string of the molecule is CCOC(=O)C(O)c1cccc(OC2CCOC2)c1OC. The summed E-state index contributed by atoms with van der Waals surface area (Å²) in [5.74, 6) is 0.107. The van der Waals surface area contributed by atoms with E-state index in [0.717, 1.165) is 6.42 Å². The zero-order chi connectivity index (χ0) is 15.2. The lowest BCUT2D eigenvalue weighted by Crippen LogP contribution is -2.18. The second-order valence-electron chi connectivity index (χ2n) is 4.64. The van der Waals surface area contributed by atoms with Crippen molar-refractivity contribution in [1.82, 2.24) is 0 Å². The van der Waals surface area contributed by atoms with Crippen molar-refractivity contribution in [2.75, 3.05) is 26.9 Å². The van der Waals surface area contributed by atoms with Crippen LogP contribution in [0.3, 0.4) is 0 Å². The standard InChI is InChI=1S/C15H20O6/c1-3-20-15(17)13(16)11-5-4-6-12(14(11)18-2)21-10-7-8-19-9-10/h4-6,10,13,16H,3,7-9H2,1-2H3. The van der Waals surface area contributed by atoms with E-state index in [1.54, 1.807) is 25.1 Å². The van der Waals surface area contributed by atoms with Crippen molar-refractivity contribution in [2.24, 2.45) is 0 Å². The van der Waals surface area contributed by atoms with Gasteiger partial charge in [0, 0.05) is 12.0 Å². The number of carbonyl (C=O) groups excluding carboxylic acids is 1. The van der Waals surface area contributed by atoms with Crippen LogP contribution in [0.2, 0.25) is 0 Å². The van der Waals surface area contributed by atoms with E-state index >= 15 is 0 Å². The highest BCUT2D eigenvalue weighted by molar-refractivity contribution is 5.77. The molecule has 2 unspecified atom stereocenters. The third-order valence-electron chi connectivity index (χ3n) is 3.20. The number of methoxy groups -OCH3 is 1. The lowest BCUT2D eigenvalue weighted by molar-refractivity contribution is -0.153. The fourth-order valence-electron chi connectivity index (χ4n) is 2.19. The molecule has 0 saturated carbocycles. The van der Waals surface area contributed by atoms with Crippen LogP contribution in [0.25, 0.3) is 0 Å². The molecule has 0 aromatic heterocycles. The molecule has 1 heterocycles. The summed E-state index contributed by atoms with van der Waals surface area (Å²) in [4.78, 5) is 11.7. The first-order valence-electron chi connectivity index (χ1n) is 6.93. The first-order chi connectivity index (χ1) is 10.2. The summed E-state index contributed by atoms with van der Waals surface area (Å²) in [6, 6.07) is 5.04. The van der Waals surface area contributed by atoms with E-state index in [2.05, 4.69) is 0 Å². The predicted octanol–water partition coefficient (Wildman–Crippen LogP) is 1.46. The number of carbonyl (C=O) groups is 1. The Hall–Kier alpha value is -1.79. The van der Waals surface area contributed by atoms with Gasteiger partial charge in [-0.1, -0.05) is 12.1 Å². The molecule has 6 nitrogen and oxygen atoms in total. The minimum atomic E-state index is -1.40. The number of esters is 1. The number of aliphatic hydroxyl groups excluding tert-OH is 1. The number of hydrogen-bond acceptors (Lipinski definition) is 6. The quantitative estimate of drug-likeness (QED) is 0.801. The highest BCUT2D eigenvalue weighted by Gasteiger charge is 2.26. The van der Waals surface area contributed by atoms with Crippen LogP contribution in [-0.4, -0.2) is 44.1 Å². The Kier molecular flexibility index (Phi) is 5.41. The minimum Gasteiger partial charge on any atom is -0.492 e. The minimum absolute atomic E-state index is 0.0473. The molecule has 0 radical (unpaired) electrons. The van der Waals surface area contributed by atoms with Gasteiger partial charge in [-0.15, -0.1) is 0 Å². The number of para-hydroxylation sites is 1. The largest absolute Gasteiger partial charge is 0.492 e. The van der Waals surface area contributed by atoms with Gasteiger partial charge in [0.25, 0.3) is 0 Å². The zero-order valence-corrected chi connectivity index (χ0v) is 12.2. The topological polar surface area (TPSA) is 74.2 Å². The van der Waals surface area contributed by atoms with E-state index in [4.69, 9.17) is 18.9 Å². The Morgan fingerprint density at radius 3 is 2.95 bits per heavy atom. The molecule has 1 aromatic carbocycles. The average molecular weight is 296 g/mol. The van der Waals surface area contributed by atoms with Gasteiger partial charge in [-0.3, -0.25) is 0 Å². The van der Waals surface area contributed by atoms with Gasteiger partial charge in [-0.25, -0.2) is 4.79 Å². The summed E-state index contributed by atoms with van der Waals surface area (Å²) in [5, 5.41) is 10.1. The van der Waals surface area contributed by atoms with E-state index in [1.807, 2.05) is 0 Å². The van der Waals surface area contributed by atoms with E-state index in [1.165, 1.54) is 7.11 Å². The van der Waals surface area contributed by atoms with Crippen molar-refractivity contribution in [1.29, 1.82) is 0 Å². The molecule has 116 valence electrons. The first-order valence-corrected chi connectivity index (χ1v) is 6.93. The van der Waals surface area contributed by atoms with E-state index in [-0.39, 0.29) is 12.7 Å². The summed E-state index contributed by atoms with van der Waals surface area (Å²) in [7, 11) is 1.47. The summed E-state index contributed by atoms with van der Waals surface area (Å²) in [6.07, 6.45) is -0.648. The molecule has 2 rings (SSSR count). The van der Waals surface area contributed by atoms with Gasteiger partial charge in [0.1, 0.15) is 6.10 Å².